The largest absolute Gasteiger partial charge is 0.478 e. The first-order valence-electron chi connectivity index (χ1n) is 9.80. The Balaban J connectivity index is 2.12. The molecule has 30 heavy (non-hydrogen) atoms. The molecule has 0 saturated carbocycles. The third-order valence-electron chi connectivity index (χ3n) is 4.90. The van der Waals surface area contributed by atoms with Gasteiger partial charge < -0.3 is 20.3 Å². The summed E-state index contributed by atoms with van der Waals surface area (Å²) >= 11 is 0. The molecule has 0 heterocycles. The molecule has 0 fully saturated rings. The summed E-state index contributed by atoms with van der Waals surface area (Å²) in [6.07, 6.45) is -0.449. The van der Waals surface area contributed by atoms with Crippen molar-refractivity contribution in [3.63, 3.8) is 0 Å². The van der Waals surface area contributed by atoms with Gasteiger partial charge in [0.1, 0.15) is 12.6 Å². The van der Waals surface area contributed by atoms with Crippen LogP contribution in [0.25, 0.3) is 0 Å². The number of hydrogen-bond acceptors (Lipinski definition) is 6. The summed E-state index contributed by atoms with van der Waals surface area (Å²) in [6, 6.07) is 14.3. The molecule has 0 aliphatic carbocycles. The summed E-state index contributed by atoms with van der Waals surface area (Å²) in [7, 11) is 0. The molecule has 2 aromatic rings. The van der Waals surface area contributed by atoms with Crippen molar-refractivity contribution in [2.24, 2.45) is 11.7 Å². The number of esters is 2. The van der Waals surface area contributed by atoms with E-state index in [-0.39, 0.29) is 24.5 Å². The van der Waals surface area contributed by atoms with Crippen molar-refractivity contribution >= 4 is 17.9 Å². The SMILES string of the molecule is CC[C@@H](C)[C@@H](N)C(=O)OC(Cc1ccc(C(=O)O)cc1)C(=O)OCc1ccccc1. The van der Waals surface area contributed by atoms with Crippen LogP contribution in [0.3, 0.4) is 0 Å². The van der Waals surface area contributed by atoms with Crippen LogP contribution < -0.4 is 5.73 Å². The highest BCUT2D eigenvalue weighted by molar-refractivity contribution is 5.87. The number of benzene rings is 2. The van der Waals surface area contributed by atoms with Crippen LogP contribution in [0, 0.1) is 5.92 Å². The smallest absolute Gasteiger partial charge is 0.348 e. The van der Waals surface area contributed by atoms with Crippen molar-refractivity contribution in [2.45, 2.75) is 45.4 Å². The Hall–Kier alpha value is -3.19. The Morgan fingerprint density at radius 2 is 1.60 bits per heavy atom. The van der Waals surface area contributed by atoms with Crippen LogP contribution in [0.2, 0.25) is 0 Å². The first kappa shape index (κ1) is 23.1. The minimum absolute atomic E-state index is 0.0447. The summed E-state index contributed by atoms with van der Waals surface area (Å²) in [5, 5.41) is 9.02. The predicted molar refractivity (Wildman–Crippen MR) is 111 cm³/mol. The van der Waals surface area contributed by atoms with Gasteiger partial charge in [0.15, 0.2) is 0 Å². The monoisotopic (exact) mass is 413 g/mol. The summed E-state index contributed by atoms with van der Waals surface area (Å²) < 4.78 is 10.8. The van der Waals surface area contributed by atoms with E-state index in [0.29, 0.717) is 12.0 Å². The van der Waals surface area contributed by atoms with Crippen molar-refractivity contribution in [2.75, 3.05) is 0 Å². The predicted octanol–water partition coefficient (Wildman–Crippen LogP) is 2.96. The lowest BCUT2D eigenvalue weighted by Crippen LogP contribution is -2.42. The van der Waals surface area contributed by atoms with Crippen LogP contribution in [0.15, 0.2) is 54.6 Å². The van der Waals surface area contributed by atoms with Crippen molar-refractivity contribution in [3.8, 4) is 0 Å². The van der Waals surface area contributed by atoms with E-state index in [0.717, 1.165) is 5.56 Å². The Morgan fingerprint density at radius 1 is 0.967 bits per heavy atom. The van der Waals surface area contributed by atoms with Crippen LogP contribution in [-0.2, 0) is 32.1 Å². The molecular formula is C23H27NO6. The summed E-state index contributed by atoms with van der Waals surface area (Å²) in [6.45, 7) is 3.79. The summed E-state index contributed by atoms with van der Waals surface area (Å²) in [5.41, 5.74) is 7.50. The zero-order valence-electron chi connectivity index (χ0n) is 17.1. The van der Waals surface area contributed by atoms with Gasteiger partial charge >= 0.3 is 17.9 Å². The van der Waals surface area contributed by atoms with E-state index in [1.807, 2.05) is 44.2 Å². The summed E-state index contributed by atoms with van der Waals surface area (Å²) in [4.78, 5) is 36.1. The highest BCUT2D eigenvalue weighted by atomic mass is 16.6. The van der Waals surface area contributed by atoms with Gasteiger partial charge in [0.25, 0.3) is 0 Å². The molecular weight excluding hydrogens is 386 g/mol. The number of aromatic carboxylic acids is 1. The molecule has 0 spiro atoms. The maximum absolute atomic E-state index is 12.7. The molecule has 160 valence electrons. The number of carboxylic acid groups (broad SMARTS) is 1. The van der Waals surface area contributed by atoms with Gasteiger partial charge in [-0.05, 0) is 29.2 Å². The van der Waals surface area contributed by atoms with Gasteiger partial charge in [-0.2, -0.15) is 0 Å². The number of carbonyl (C=O) groups is 3. The van der Waals surface area contributed by atoms with Crippen molar-refractivity contribution in [1.29, 1.82) is 0 Å². The third kappa shape index (κ3) is 6.70. The van der Waals surface area contributed by atoms with Gasteiger partial charge in [-0.25, -0.2) is 9.59 Å². The van der Waals surface area contributed by atoms with Crippen LogP contribution in [0.1, 0.15) is 41.8 Å². The van der Waals surface area contributed by atoms with Gasteiger partial charge in [-0.1, -0.05) is 62.7 Å². The first-order chi connectivity index (χ1) is 14.3. The van der Waals surface area contributed by atoms with Gasteiger partial charge in [0.05, 0.1) is 5.56 Å². The highest BCUT2D eigenvalue weighted by Gasteiger charge is 2.29. The second-order valence-corrected chi connectivity index (χ2v) is 7.14. The van der Waals surface area contributed by atoms with Gasteiger partial charge in [-0.15, -0.1) is 0 Å². The molecule has 1 unspecified atom stereocenters. The summed E-state index contributed by atoms with van der Waals surface area (Å²) in [5.74, 6) is -2.52. The molecule has 2 aromatic carbocycles. The van der Waals surface area contributed by atoms with Crippen molar-refractivity contribution in [1.82, 2.24) is 0 Å². The number of nitrogens with two attached hydrogens (primary N) is 1. The molecule has 0 aromatic heterocycles. The number of rotatable bonds is 10. The molecule has 0 aliphatic heterocycles. The third-order valence-corrected chi connectivity index (χ3v) is 4.90. The van der Waals surface area contributed by atoms with E-state index in [1.165, 1.54) is 12.1 Å². The lowest BCUT2D eigenvalue weighted by atomic mass is 10.00. The standard InChI is InChI=1S/C23H27NO6/c1-3-15(2)20(24)23(28)30-19(13-16-9-11-18(12-10-16)21(25)26)22(27)29-14-17-7-5-4-6-8-17/h4-12,15,19-20H,3,13-14,24H2,1-2H3,(H,25,26)/t15-,19?,20-/m1/s1. The van der Waals surface area contributed by atoms with Gasteiger partial charge in [0, 0.05) is 6.42 Å². The topological polar surface area (TPSA) is 116 Å². The number of hydrogen-bond donors (Lipinski definition) is 2. The fourth-order valence-corrected chi connectivity index (χ4v) is 2.70. The second-order valence-electron chi connectivity index (χ2n) is 7.14. The number of carbonyl (C=O) groups excluding carboxylic acids is 2. The van der Waals surface area contributed by atoms with E-state index >= 15 is 0 Å². The molecule has 0 aliphatic rings. The minimum atomic E-state index is -1.19. The van der Waals surface area contributed by atoms with E-state index in [4.69, 9.17) is 20.3 Å². The fourth-order valence-electron chi connectivity index (χ4n) is 2.70. The second kappa shape index (κ2) is 11.1. The molecule has 2 rings (SSSR count). The molecule has 0 saturated heterocycles. The number of ether oxygens (including phenoxy) is 2. The zero-order valence-corrected chi connectivity index (χ0v) is 17.1. The van der Waals surface area contributed by atoms with Crippen molar-refractivity contribution < 1.29 is 29.0 Å². The van der Waals surface area contributed by atoms with Crippen LogP contribution >= 0.6 is 0 Å². The molecule has 0 amide bonds. The van der Waals surface area contributed by atoms with Crippen LogP contribution in [0.4, 0.5) is 0 Å². The quantitative estimate of drug-likeness (QED) is 0.575. The first-order valence-corrected chi connectivity index (χ1v) is 9.80. The molecule has 3 atom stereocenters. The average Bonchev–Trinajstić information content (AvgIpc) is 2.76. The lowest BCUT2D eigenvalue weighted by Gasteiger charge is -2.22. The minimum Gasteiger partial charge on any atom is -0.478 e. The van der Waals surface area contributed by atoms with E-state index in [9.17, 15) is 14.4 Å². The molecule has 7 nitrogen and oxygen atoms in total. The Morgan fingerprint density at radius 3 is 2.17 bits per heavy atom. The van der Waals surface area contributed by atoms with Gasteiger partial charge in [-0.3, -0.25) is 4.79 Å². The van der Waals surface area contributed by atoms with Gasteiger partial charge in [0.2, 0.25) is 6.10 Å². The molecule has 3 N–H and O–H groups in total. The number of carboxylic acids is 1. The highest BCUT2D eigenvalue weighted by Crippen LogP contribution is 2.14. The van der Waals surface area contributed by atoms with E-state index < -0.39 is 30.1 Å². The van der Waals surface area contributed by atoms with Crippen molar-refractivity contribution in [3.05, 3.63) is 71.3 Å². The average molecular weight is 413 g/mol. The zero-order chi connectivity index (χ0) is 22.1. The molecule has 0 bridgehead atoms. The maximum atomic E-state index is 12.7. The normalized spacial score (nSPS) is 13.7. The van der Waals surface area contributed by atoms with E-state index in [1.54, 1.807) is 12.1 Å². The van der Waals surface area contributed by atoms with Crippen LogP contribution in [-0.4, -0.2) is 35.2 Å². The lowest BCUT2D eigenvalue weighted by molar-refractivity contribution is -0.170. The molecule has 7 heteroatoms. The Kier molecular flexibility index (Phi) is 8.55. The van der Waals surface area contributed by atoms with E-state index in [2.05, 4.69) is 0 Å². The maximum Gasteiger partial charge on any atom is 0.348 e. The molecule has 0 radical (unpaired) electrons. The Bertz CT molecular complexity index is 850. The van der Waals surface area contributed by atoms with Crippen LogP contribution in [0.5, 0.6) is 0 Å². The fraction of sp³-hybridized carbons (Fsp3) is 0.348. The Labute approximate surface area is 175 Å².